The van der Waals surface area contributed by atoms with Gasteiger partial charge in [0.05, 0.1) is 5.92 Å². The van der Waals surface area contributed by atoms with Crippen molar-refractivity contribution < 1.29 is 15.0 Å². The minimum Gasteiger partial charge on any atom is -0.504 e. The SMILES string of the molecule is C[C@H](Cc1ccc(O)c(O)c1)NC(=O)[C@@H](C)c1cccs1. The van der Waals surface area contributed by atoms with Crippen molar-refractivity contribution in [3.05, 3.63) is 46.2 Å². The van der Waals surface area contributed by atoms with Gasteiger partial charge in [-0.1, -0.05) is 12.1 Å². The van der Waals surface area contributed by atoms with E-state index in [4.69, 9.17) is 0 Å². The lowest BCUT2D eigenvalue weighted by atomic mass is 10.0. The zero-order valence-electron chi connectivity index (χ0n) is 12.0. The van der Waals surface area contributed by atoms with Crippen molar-refractivity contribution in [2.45, 2.75) is 32.2 Å². The first-order valence-corrected chi connectivity index (χ1v) is 7.70. The molecular formula is C16H19NO3S. The topological polar surface area (TPSA) is 69.6 Å². The summed E-state index contributed by atoms with van der Waals surface area (Å²) in [7, 11) is 0. The van der Waals surface area contributed by atoms with Crippen LogP contribution in [-0.2, 0) is 11.2 Å². The van der Waals surface area contributed by atoms with Gasteiger partial charge in [-0.2, -0.15) is 0 Å². The molecule has 0 aliphatic heterocycles. The largest absolute Gasteiger partial charge is 0.504 e. The van der Waals surface area contributed by atoms with Crippen molar-refractivity contribution in [1.29, 1.82) is 0 Å². The van der Waals surface area contributed by atoms with Crippen LogP contribution in [0.3, 0.4) is 0 Å². The highest BCUT2D eigenvalue weighted by atomic mass is 32.1. The van der Waals surface area contributed by atoms with E-state index in [1.54, 1.807) is 17.4 Å². The summed E-state index contributed by atoms with van der Waals surface area (Å²) in [4.78, 5) is 13.2. The molecule has 1 aromatic heterocycles. The maximum atomic E-state index is 12.2. The number of hydrogen-bond acceptors (Lipinski definition) is 4. The molecule has 1 amide bonds. The molecule has 0 bridgehead atoms. The Hall–Kier alpha value is -2.01. The second-order valence-corrected chi connectivity index (χ2v) is 6.15. The molecule has 0 aliphatic carbocycles. The van der Waals surface area contributed by atoms with Crippen molar-refractivity contribution in [2.75, 3.05) is 0 Å². The number of carbonyl (C=O) groups excluding carboxylic acids is 1. The molecule has 0 aliphatic rings. The molecule has 2 rings (SSSR count). The maximum Gasteiger partial charge on any atom is 0.228 e. The fourth-order valence-electron chi connectivity index (χ4n) is 2.14. The van der Waals surface area contributed by atoms with E-state index in [0.717, 1.165) is 10.4 Å². The summed E-state index contributed by atoms with van der Waals surface area (Å²) in [6, 6.07) is 8.54. The van der Waals surface area contributed by atoms with Gasteiger partial charge in [-0.15, -0.1) is 11.3 Å². The predicted molar refractivity (Wildman–Crippen MR) is 83.8 cm³/mol. The van der Waals surface area contributed by atoms with Crippen LogP contribution in [0.1, 0.15) is 30.2 Å². The third kappa shape index (κ3) is 3.98. The van der Waals surface area contributed by atoms with Gasteiger partial charge in [-0.25, -0.2) is 0 Å². The molecular weight excluding hydrogens is 286 g/mol. The van der Waals surface area contributed by atoms with E-state index in [9.17, 15) is 15.0 Å². The van der Waals surface area contributed by atoms with Crippen LogP contribution in [0, 0.1) is 0 Å². The van der Waals surface area contributed by atoms with Crippen molar-refractivity contribution in [3.63, 3.8) is 0 Å². The van der Waals surface area contributed by atoms with E-state index >= 15 is 0 Å². The minimum absolute atomic E-state index is 0.00653. The smallest absolute Gasteiger partial charge is 0.228 e. The zero-order chi connectivity index (χ0) is 15.4. The molecule has 1 heterocycles. The quantitative estimate of drug-likeness (QED) is 0.744. The highest BCUT2D eigenvalue weighted by Crippen LogP contribution is 2.25. The predicted octanol–water partition coefficient (Wildman–Crippen LogP) is 3.01. The van der Waals surface area contributed by atoms with Crippen LogP contribution in [0.4, 0.5) is 0 Å². The summed E-state index contributed by atoms with van der Waals surface area (Å²) in [6.45, 7) is 3.81. The van der Waals surface area contributed by atoms with E-state index in [0.29, 0.717) is 6.42 Å². The van der Waals surface area contributed by atoms with E-state index in [2.05, 4.69) is 5.32 Å². The molecule has 5 heteroatoms. The lowest BCUT2D eigenvalue weighted by molar-refractivity contribution is -0.122. The Morgan fingerprint density at radius 3 is 2.62 bits per heavy atom. The lowest BCUT2D eigenvalue weighted by Gasteiger charge is -2.17. The summed E-state index contributed by atoms with van der Waals surface area (Å²) >= 11 is 1.57. The summed E-state index contributed by atoms with van der Waals surface area (Å²) in [5, 5.41) is 23.7. The first-order chi connectivity index (χ1) is 9.97. The molecule has 2 aromatic rings. The van der Waals surface area contributed by atoms with Crippen molar-refractivity contribution in [1.82, 2.24) is 5.32 Å². The fraction of sp³-hybridized carbons (Fsp3) is 0.312. The number of phenols is 2. The average molecular weight is 305 g/mol. The van der Waals surface area contributed by atoms with Crippen molar-refractivity contribution >= 4 is 17.2 Å². The molecule has 3 N–H and O–H groups in total. The Labute approximate surface area is 128 Å². The molecule has 2 atom stereocenters. The third-order valence-electron chi connectivity index (χ3n) is 3.33. The lowest BCUT2D eigenvalue weighted by Crippen LogP contribution is -2.36. The molecule has 1 aromatic carbocycles. The Bertz CT molecular complexity index is 610. The average Bonchev–Trinajstić information content (AvgIpc) is 2.96. The van der Waals surface area contributed by atoms with Crippen LogP contribution < -0.4 is 5.32 Å². The third-order valence-corrected chi connectivity index (χ3v) is 4.39. The van der Waals surface area contributed by atoms with Gasteiger partial charge in [0.2, 0.25) is 5.91 Å². The van der Waals surface area contributed by atoms with Gasteiger partial charge in [0.1, 0.15) is 0 Å². The van der Waals surface area contributed by atoms with Crippen LogP contribution in [0.15, 0.2) is 35.7 Å². The Morgan fingerprint density at radius 2 is 2.00 bits per heavy atom. The fourth-order valence-corrected chi connectivity index (χ4v) is 2.92. The van der Waals surface area contributed by atoms with Crippen LogP contribution in [0.25, 0.3) is 0 Å². The van der Waals surface area contributed by atoms with Gasteiger partial charge in [0.25, 0.3) is 0 Å². The van der Waals surface area contributed by atoms with Gasteiger partial charge in [0.15, 0.2) is 11.5 Å². The van der Waals surface area contributed by atoms with E-state index in [-0.39, 0.29) is 29.4 Å². The molecule has 4 nitrogen and oxygen atoms in total. The number of aromatic hydroxyl groups is 2. The van der Waals surface area contributed by atoms with Gasteiger partial charge in [-0.05, 0) is 49.4 Å². The van der Waals surface area contributed by atoms with Crippen molar-refractivity contribution in [3.8, 4) is 11.5 Å². The number of thiophene rings is 1. The van der Waals surface area contributed by atoms with Crippen LogP contribution in [0.5, 0.6) is 11.5 Å². The molecule has 112 valence electrons. The Balaban J connectivity index is 1.93. The number of hydrogen-bond donors (Lipinski definition) is 3. The molecule has 0 saturated heterocycles. The highest BCUT2D eigenvalue weighted by molar-refractivity contribution is 7.10. The summed E-state index contributed by atoms with van der Waals surface area (Å²) < 4.78 is 0. The second-order valence-electron chi connectivity index (χ2n) is 5.17. The number of benzene rings is 1. The summed E-state index contributed by atoms with van der Waals surface area (Å²) in [5.41, 5.74) is 0.863. The van der Waals surface area contributed by atoms with E-state index in [1.165, 1.54) is 12.1 Å². The molecule has 0 spiro atoms. The molecule has 0 unspecified atom stereocenters. The standard InChI is InChI=1S/C16H19NO3S/c1-10(8-12-5-6-13(18)14(19)9-12)17-16(20)11(2)15-4-3-7-21-15/h3-7,9-11,18-19H,8H2,1-2H3,(H,17,20)/t10-,11+/m1/s1. The second kappa shape index (κ2) is 6.63. The molecule has 0 radical (unpaired) electrons. The highest BCUT2D eigenvalue weighted by Gasteiger charge is 2.18. The number of phenolic OH excluding ortho intramolecular Hbond substituents is 2. The van der Waals surface area contributed by atoms with Gasteiger partial charge < -0.3 is 15.5 Å². The Morgan fingerprint density at radius 1 is 1.24 bits per heavy atom. The first kappa shape index (κ1) is 15.4. The number of amides is 1. The maximum absolute atomic E-state index is 12.2. The normalized spacial score (nSPS) is 13.6. The number of rotatable bonds is 5. The monoisotopic (exact) mass is 305 g/mol. The zero-order valence-corrected chi connectivity index (χ0v) is 12.9. The van der Waals surface area contributed by atoms with Crippen LogP contribution in [-0.4, -0.2) is 22.2 Å². The van der Waals surface area contributed by atoms with Gasteiger partial charge in [-0.3, -0.25) is 4.79 Å². The number of carbonyl (C=O) groups is 1. The Kier molecular flexibility index (Phi) is 4.85. The first-order valence-electron chi connectivity index (χ1n) is 6.82. The van der Waals surface area contributed by atoms with Crippen molar-refractivity contribution in [2.24, 2.45) is 0 Å². The number of nitrogens with one attached hydrogen (secondary N) is 1. The van der Waals surface area contributed by atoms with Gasteiger partial charge in [0, 0.05) is 10.9 Å². The van der Waals surface area contributed by atoms with E-state index < -0.39 is 0 Å². The van der Waals surface area contributed by atoms with E-state index in [1.807, 2.05) is 31.4 Å². The molecule has 0 fully saturated rings. The van der Waals surface area contributed by atoms with Gasteiger partial charge >= 0.3 is 0 Å². The van der Waals surface area contributed by atoms with Crippen LogP contribution >= 0.6 is 11.3 Å². The summed E-state index contributed by atoms with van der Waals surface area (Å²) in [5.74, 6) is -0.451. The minimum atomic E-state index is -0.166. The summed E-state index contributed by atoms with van der Waals surface area (Å²) in [6.07, 6.45) is 0.594. The van der Waals surface area contributed by atoms with Crippen LogP contribution in [0.2, 0.25) is 0 Å². The molecule has 0 saturated carbocycles. The molecule has 21 heavy (non-hydrogen) atoms.